The van der Waals surface area contributed by atoms with Crippen molar-refractivity contribution in [3.63, 3.8) is 0 Å². The van der Waals surface area contributed by atoms with Crippen molar-refractivity contribution in [2.75, 3.05) is 24.3 Å². The largest absolute Gasteiger partial charge is 0.478 e. The van der Waals surface area contributed by atoms with E-state index in [2.05, 4.69) is 41.6 Å². The van der Waals surface area contributed by atoms with Gasteiger partial charge in [0.2, 0.25) is 0 Å². The molecule has 0 saturated carbocycles. The van der Waals surface area contributed by atoms with Crippen molar-refractivity contribution < 1.29 is 18.7 Å². The normalized spacial score (nSPS) is 13.4. The number of hydrogen-bond donors (Lipinski definition) is 3. The van der Waals surface area contributed by atoms with Crippen LogP contribution in [0, 0.1) is 5.82 Å². The molecule has 2 heterocycles. The van der Waals surface area contributed by atoms with Crippen molar-refractivity contribution in [1.82, 2.24) is 15.1 Å². The number of ether oxygens (including phenoxy) is 1. The molecular weight excluding hydrogens is 353 g/mol. The number of halogens is 1. The molecule has 1 aliphatic rings. The van der Waals surface area contributed by atoms with Gasteiger partial charge in [0.15, 0.2) is 18.2 Å². The molecule has 3 N–H and O–H groups in total. The highest BCUT2D eigenvalue weighted by atomic mass is 19.1. The fourth-order valence-electron chi connectivity index (χ4n) is 2.60. The third-order valence-corrected chi connectivity index (χ3v) is 4.07. The van der Waals surface area contributed by atoms with Crippen LogP contribution >= 0.6 is 0 Å². The Bertz CT molecular complexity index is 888. The number of nitrogens with one attached hydrogen (secondary N) is 3. The summed E-state index contributed by atoms with van der Waals surface area (Å²) in [5.41, 5.74) is 2.00. The Hall–Kier alpha value is -3.10. The molecule has 0 spiro atoms. The van der Waals surface area contributed by atoms with E-state index < -0.39 is 11.8 Å². The standard InChI is InChI=1S/C18H22FN5O3/c1-18(2,3)14-7-11(22-23-14)8-24(4)17(26)20-10-5-12(19)16-13(6-10)21-15(25)9-27-16/h5-7H,8-9H2,1-4H3,(H,20,26)(H,21,25)(H,22,23). The maximum absolute atomic E-state index is 14.1. The number of rotatable bonds is 3. The third-order valence-electron chi connectivity index (χ3n) is 4.07. The van der Waals surface area contributed by atoms with Crippen LogP contribution < -0.4 is 15.4 Å². The Morgan fingerprint density at radius 3 is 2.78 bits per heavy atom. The van der Waals surface area contributed by atoms with Gasteiger partial charge in [0.25, 0.3) is 5.91 Å². The van der Waals surface area contributed by atoms with Gasteiger partial charge in [0, 0.05) is 24.2 Å². The number of aromatic amines is 1. The van der Waals surface area contributed by atoms with Crippen molar-refractivity contribution in [3.8, 4) is 5.75 Å². The predicted octanol–water partition coefficient (Wildman–Crippen LogP) is 2.84. The molecule has 144 valence electrons. The fraction of sp³-hybridized carbons (Fsp3) is 0.389. The van der Waals surface area contributed by atoms with Gasteiger partial charge in [-0.1, -0.05) is 20.8 Å². The number of carbonyl (C=O) groups is 2. The Balaban J connectivity index is 1.68. The lowest BCUT2D eigenvalue weighted by atomic mass is 9.92. The smallest absolute Gasteiger partial charge is 0.321 e. The zero-order chi connectivity index (χ0) is 19.8. The van der Waals surface area contributed by atoms with Crippen LogP contribution in [0.25, 0.3) is 0 Å². The zero-order valence-electron chi connectivity index (χ0n) is 15.6. The summed E-state index contributed by atoms with van der Waals surface area (Å²) in [4.78, 5) is 25.2. The monoisotopic (exact) mass is 375 g/mol. The topological polar surface area (TPSA) is 99.4 Å². The van der Waals surface area contributed by atoms with Gasteiger partial charge in [-0.05, 0) is 12.1 Å². The minimum absolute atomic E-state index is 0.0341. The zero-order valence-corrected chi connectivity index (χ0v) is 15.6. The first-order valence-electron chi connectivity index (χ1n) is 8.46. The lowest BCUT2D eigenvalue weighted by Gasteiger charge is -2.21. The molecule has 1 aromatic carbocycles. The molecule has 0 atom stereocenters. The number of anilines is 2. The number of carbonyl (C=O) groups excluding carboxylic acids is 2. The van der Waals surface area contributed by atoms with Gasteiger partial charge in [-0.15, -0.1) is 0 Å². The van der Waals surface area contributed by atoms with Crippen molar-refractivity contribution >= 4 is 23.3 Å². The number of urea groups is 1. The Morgan fingerprint density at radius 2 is 2.11 bits per heavy atom. The third kappa shape index (κ3) is 4.18. The minimum atomic E-state index is -0.658. The van der Waals surface area contributed by atoms with Gasteiger partial charge in [0.1, 0.15) is 0 Å². The fourth-order valence-corrected chi connectivity index (χ4v) is 2.60. The van der Waals surface area contributed by atoms with Crippen LogP contribution in [0.3, 0.4) is 0 Å². The van der Waals surface area contributed by atoms with Crippen molar-refractivity contribution in [1.29, 1.82) is 0 Å². The van der Waals surface area contributed by atoms with E-state index >= 15 is 0 Å². The maximum atomic E-state index is 14.1. The van der Waals surface area contributed by atoms with Crippen molar-refractivity contribution in [2.45, 2.75) is 32.7 Å². The second-order valence-corrected chi connectivity index (χ2v) is 7.49. The van der Waals surface area contributed by atoms with Crippen molar-refractivity contribution in [2.24, 2.45) is 0 Å². The summed E-state index contributed by atoms with van der Waals surface area (Å²) in [7, 11) is 1.62. The second-order valence-electron chi connectivity index (χ2n) is 7.49. The van der Waals surface area contributed by atoms with Crippen LogP contribution in [-0.4, -0.2) is 40.7 Å². The number of fused-ring (bicyclic) bond motifs is 1. The number of nitrogens with zero attached hydrogens (tertiary/aromatic N) is 2. The molecule has 1 aliphatic heterocycles. The highest BCUT2D eigenvalue weighted by molar-refractivity contribution is 5.97. The summed E-state index contributed by atoms with van der Waals surface area (Å²) in [5, 5.41) is 12.3. The molecule has 0 bridgehead atoms. The van der Waals surface area contributed by atoms with E-state index in [1.54, 1.807) is 7.05 Å². The molecule has 0 radical (unpaired) electrons. The number of aromatic nitrogens is 2. The molecule has 3 rings (SSSR count). The molecule has 0 unspecified atom stereocenters. The first kappa shape index (κ1) is 18.7. The van der Waals surface area contributed by atoms with Gasteiger partial charge in [-0.2, -0.15) is 5.10 Å². The number of hydrogen-bond acceptors (Lipinski definition) is 4. The molecule has 0 aliphatic carbocycles. The summed E-state index contributed by atoms with van der Waals surface area (Å²) in [6.45, 7) is 6.23. The van der Waals surface area contributed by atoms with E-state index in [0.717, 1.165) is 17.5 Å². The minimum Gasteiger partial charge on any atom is -0.478 e. The van der Waals surface area contributed by atoms with Crippen LogP contribution in [0.4, 0.5) is 20.6 Å². The van der Waals surface area contributed by atoms with E-state index in [4.69, 9.17) is 4.74 Å². The quantitative estimate of drug-likeness (QED) is 0.768. The highest BCUT2D eigenvalue weighted by Crippen LogP contribution is 2.34. The Kier molecular flexibility index (Phi) is 4.77. The van der Waals surface area contributed by atoms with Crippen LogP contribution in [-0.2, 0) is 16.8 Å². The molecule has 9 heteroatoms. The molecule has 2 aromatic rings. The van der Waals surface area contributed by atoms with E-state index in [0.29, 0.717) is 6.54 Å². The number of amides is 3. The van der Waals surface area contributed by atoms with Crippen molar-refractivity contribution in [3.05, 3.63) is 35.4 Å². The molecule has 3 amide bonds. The average Bonchev–Trinajstić information content (AvgIpc) is 3.03. The van der Waals surface area contributed by atoms with Gasteiger partial charge in [-0.25, -0.2) is 9.18 Å². The molecule has 27 heavy (non-hydrogen) atoms. The molecule has 8 nitrogen and oxygen atoms in total. The predicted molar refractivity (Wildman–Crippen MR) is 98.3 cm³/mol. The van der Waals surface area contributed by atoms with Crippen LogP contribution in [0.15, 0.2) is 18.2 Å². The lowest BCUT2D eigenvalue weighted by Crippen LogP contribution is -2.31. The summed E-state index contributed by atoms with van der Waals surface area (Å²) >= 11 is 0. The maximum Gasteiger partial charge on any atom is 0.321 e. The number of benzene rings is 1. The van der Waals surface area contributed by atoms with E-state index in [1.807, 2.05) is 6.07 Å². The van der Waals surface area contributed by atoms with Gasteiger partial charge in [0.05, 0.1) is 23.6 Å². The van der Waals surface area contributed by atoms with E-state index in [-0.39, 0.29) is 35.1 Å². The van der Waals surface area contributed by atoms with Gasteiger partial charge < -0.3 is 20.3 Å². The summed E-state index contributed by atoms with van der Waals surface area (Å²) in [6, 6.07) is 4.09. The number of H-pyrrole nitrogens is 1. The molecule has 0 fully saturated rings. The van der Waals surface area contributed by atoms with Gasteiger partial charge >= 0.3 is 6.03 Å². The summed E-state index contributed by atoms with van der Waals surface area (Å²) in [6.07, 6.45) is 0. The molecule has 1 aromatic heterocycles. The average molecular weight is 375 g/mol. The first-order valence-corrected chi connectivity index (χ1v) is 8.46. The SMILES string of the molecule is CN(Cc1cc(C(C)(C)C)n[nH]1)C(=O)Nc1cc(F)c2c(c1)NC(=O)CO2. The second kappa shape index (κ2) is 6.90. The van der Waals surface area contributed by atoms with Crippen LogP contribution in [0.2, 0.25) is 0 Å². The van der Waals surface area contributed by atoms with E-state index in [9.17, 15) is 14.0 Å². The Labute approximate surface area is 156 Å². The van der Waals surface area contributed by atoms with Gasteiger partial charge in [-0.3, -0.25) is 9.89 Å². The first-order chi connectivity index (χ1) is 12.6. The molecule has 0 saturated heterocycles. The van der Waals surface area contributed by atoms with Crippen LogP contribution in [0.5, 0.6) is 5.75 Å². The lowest BCUT2D eigenvalue weighted by molar-refractivity contribution is -0.118. The highest BCUT2D eigenvalue weighted by Gasteiger charge is 2.22. The summed E-state index contributed by atoms with van der Waals surface area (Å²) < 4.78 is 19.2. The summed E-state index contributed by atoms with van der Waals surface area (Å²) in [5.74, 6) is -1.07. The van der Waals surface area contributed by atoms with Crippen LogP contribution in [0.1, 0.15) is 32.2 Å². The molecular formula is C18H22FN5O3. The Morgan fingerprint density at radius 1 is 1.37 bits per heavy atom. The van der Waals surface area contributed by atoms with E-state index in [1.165, 1.54) is 11.0 Å².